The van der Waals surface area contributed by atoms with Gasteiger partial charge < -0.3 is 20.4 Å². The second-order valence-corrected chi connectivity index (χ2v) is 5.32. The van der Waals surface area contributed by atoms with E-state index in [-0.39, 0.29) is 17.5 Å². The molecule has 1 unspecified atom stereocenters. The Hall–Kier alpha value is -1.26. The molecule has 1 heterocycles. The number of aromatic hydroxyl groups is 2. The van der Waals surface area contributed by atoms with Crippen LogP contribution in [0.4, 0.5) is 0 Å². The molecule has 3 N–H and O–H groups in total. The molecule has 1 atom stereocenters. The molecule has 106 valence electrons. The number of phenolic OH excluding ortho intramolecular Hbond substituents is 2. The summed E-state index contributed by atoms with van der Waals surface area (Å²) < 4.78 is 0. The molecule has 1 aromatic rings. The molecule has 0 radical (unpaired) electrons. The van der Waals surface area contributed by atoms with Gasteiger partial charge in [-0.2, -0.15) is 0 Å². The summed E-state index contributed by atoms with van der Waals surface area (Å²) in [7, 11) is 0. The Balaban J connectivity index is 1.80. The fraction of sp³-hybridized carbons (Fsp3) is 0.600. The van der Waals surface area contributed by atoms with E-state index in [1.165, 1.54) is 44.5 Å². The minimum absolute atomic E-state index is 0.0388. The number of piperidine rings is 1. The van der Waals surface area contributed by atoms with E-state index in [0.717, 1.165) is 18.7 Å². The SMILES string of the molecule is CC(NCCN1CCCCC1)c1cc(O)ccc1O. The summed E-state index contributed by atoms with van der Waals surface area (Å²) in [6.07, 6.45) is 3.98. The summed E-state index contributed by atoms with van der Waals surface area (Å²) in [5.41, 5.74) is 0.749. The largest absolute Gasteiger partial charge is 0.508 e. The van der Waals surface area contributed by atoms with Gasteiger partial charge in [-0.3, -0.25) is 0 Å². The van der Waals surface area contributed by atoms with Crippen LogP contribution in [0.15, 0.2) is 18.2 Å². The van der Waals surface area contributed by atoms with Crippen molar-refractivity contribution in [2.45, 2.75) is 32.2 Å². The highest BCUT2D eigenvalue weighted by atomic mass is 16.3. The number of phenols is 2. The zero-order chi connectivity index (χ0) is 13.7. The highest BCUT2D eigenvalue weighted by Gasteiger charge is 2.13. The summed E-state index contributed by atoms with van der Waals surface area (Å²) >= 11 is 0. The summed E-state index contributed by atoms with van der Waals surface area (Å²) in [6.45, 7) is 6.35. The molecule has 1 saturated heterocycles. The molecule has 1 aliphatic rings. The molecule has 0 saturated carbocycles. The van der Waals surface area contributed by atoms with Gasteiger partial charge in [0, 0.05) is 24.7 Å². The maximum absolute atomic E-state index is 9.79. The smallest absolute Gasteiger partial charge is 0.120 e. The molecule has 0 aliphatic carbocycles. The third kappa shape index (κ3) is 4.11. The molecular weight excluding hydrogens is 240 g/mol. The third-order valence-corrected chi connectivity index (χ3v) is 3.80. The van der Waals surface area contributed by atoms with Gasteiger partial charge in [0.05, 0.1) is 0 Å². The molecule has 1 fully saturated rings. The van der Waals surface area contributed by atoms with E-state index < -0.39 is 0 Å². The van der Waals surface area contributed by atoms with E-state index in [1.54, 1.807) is 6.07 Å². The summed E-state index contributed by atoms with van der Waals surface area (Å²) in [5, 5.41) is 22.7. The van der Waals surface area contributed by atoms with E-state index in [2.05, 4.69) is 10.2 Å². The molecule has 0 amide bonds. The Bertz CT molecular complexity index is 403. The average molecular weight is 264 g/mol. The van der Waals surface area contributed by atoms with Gasteiger partial charge in [0.2, 0.25) is 0 Å². The van der Waals surface area contributed by atoms with Gasteiger partial charge in [0.1, 0.15) is 11.5 Å². The number of rotatable bonds is 5. The van der Waals surface area contributed by atoms with Gasteiger partial charge in [0.15, 0.2) is 0 Å². The topological polar surface area (TPSA) is 55.7 Å². The van der Waals surface area contributed by atoms with Crippen LogP contribution in [-0.4, -0.2) is 41.3 Å². The van der Waals surface area contributed by atoms with Gasteiger partial charge in [-0.25, -0.2) is 0 Å². The van der Waals surface area contributed by atoms with E-state index in [9.17, 15) is 10.2 Å². The monoisotopic (exact) mass is 264 g/mol. The summed E-state index contributed by atoms with van der Waals surface area (Å²) in [4.78, 5) is 2.48. The van der Waals surface area contributed by atoms with Crippen molar-refractivity contribution in [1.82, 2.24) is 10.2 Å². The number of hydrogen-bond donors (Lipinski definition) is 3. The van der Waals surface area contributed by atoms with Crippen LogP contribution in [0.1, 0.15) is 37.8 Å². The predicted octanol–water partition coefficient (Wildman–Crippen LogP) is 2.23. The van der Waals surface area contributed by atoms with E-state index in [1.807, 2.05) is 6.92 Å². The first-order valence-corrected chi connectivity index (χ1v) is 7.14. The van der Waals surface area contributed by atoms with Crippen molar-refractivity contribution < 1.29 is 10.2 Å². The molecular formula is C15H24N2O2. The number of likely N-dealkylation sites (tertiary alicyclic amines) is 1. The summed E-state index contributed by atoms with van der Waals surface area (Å²) in [5.74, 6) is 0.424. The molecule has 0 aromatic heterocycles. The average Bonchev–Trinajstić information content (AvgIpc) is 2.42. The van der Waals surface area contributed by atoms with Crippen LogP contribution >= 0.6 is 0 Å². The maximum atomic E-state index is 9.79. The van der Waals surface area contributed by atoms with E-state index >= 15 is 0 Å². The first-order valence-electron chi connectivity index (χ1n) is 7.14. The second kappa shape index (κ2) is 6.78. The number of hydrogen-bond acceptors (Lipinski definition) is 4. The van der Waals surface area contributed by atoms with Crippen LogP contribution in [0.3, 0.4) is 0 Å². The van der Waals surface area contributed by atoms with Crippen molar-refractivity contribution in [1.29, 1.82) is 0 Å². The lowest BCUT2D eigenvalue weighted by atomic mass is 10.1. The van der Waals surface area contributed by atoms with Crippen molar-refractivity contribution in [2.75, 3.05) is 26.2 Å². The Morgan fingerprint density at radius 3 is 2.68 bits per heavy atom. The number of nitrogens with zero attached hydrogens (tertiary/aromatic N) is 1. The lowest BCUT2D eigenvalue weighted by molar-refractivity contribution is 0.226. The Morgan fingerprint density at radius 1 is 1.21 bits per heavy atom. The van der Waals surface area contributed by atoms with Gasteiger partial charge in [-0.15, -0.1) is 0 Å². The number of nitrogens with one attached hydrogen (secondary N) is 1. The lowest BCUT2D eigenvalue weighted by Crippen LogP contribution is -2.36. The maximum Gasteiger partial charge on any atom is 0.120 e. The quantitative estimate of drug-likeness (QED) is 0.714. The zero-order valence-electron chi connectivity index (χ0n) is 11.6. The van der Waals surface area contributed by atoms with E-state index in [0.29, 0.717) is 0 Å². The number of benzene rings is 1. The van der Waals surface area contributed by atoms with Crippen molar-refractivity contribution in [2.24, 2.45) is 0 Å². The Kier molecular flexibility index (Phi) is 5.05. The van der Waals surface area contributed by atoms with Gasteiger partial charge >= 0.3 is 0 Å². The van der Waals surface area contributed by atoms with Crippen LogP contribution < -0.4 is 5.32 Å². The van der Waals surface area contributed by atoms with Crippen molar-refractivity contribution in [3.8, 4) is 11.5 Å². The van der Waals surface area contributed by atoms with Gasteiger partial charge in [-0.1, -0.05) is 6.42 Å². The molecule has 19 heavy (non-hydrogen) atoms. The summed E-state index contributed by atoms with van der Waals surface area (Å²) in [6, 6.07) is 4.69. The van der Waals surface area contributed by atoms with Crippen LogP contribution in [0.5, 0.6) is 11.5 Å². The lowest BCUT2D eigenvalue weighted by Gasteiger charge is -2.27. The Morgan fingerprint density at radius 2 is 1.95 bits per heavy atom. The first-order chi connectivity index (χ1) is 9.16. The third-order valence-electron chi connectivity index (χ3n) is 3.80. The molecule has 0 bridgehead atoms. The molecule has 1 aliphatic heterocycles. The van der Waals surface area contributed by atoms with E-state index in [4.69, 9.17) is 0 Å². The van der Waals surface area contributed by atoms with Gasteiger partial charge in [-0.05, 0) is 51.1 Å². The van der Waals surface area contributed by atoms with Crippen molar-refractivity contribution in [3.63, 3.8) is 0 Å². The second-order valence-electron chi connectivity index (χ2n) is 5.32. The van der Waals surface area contributed by atoms with Crippen molar-refractivity contribution in [3.05, 3.63) is 23.8 Å². The standard InChI is InChI=1S/C15H24N2O2/c1-12(14-11-13(18)5-6-15(14)19)16-7-10-17-8-3-2-4-9-17/h5-6,11-12,16,18-19H,2-4,7-10H2,1H3. The first kappa shape index (κ1) is 14.2. The molecule has 4 nitrogen and oxygen atoms in total. The molecule has 0 spiro atoms. The zero-order valence-corrected chi connectivity index (χ0v) is 11.6. The highest BCUT2D eigenvalue weighted by molar-refractivity contribution is 5.40. The molecule has 4 heteroatoms. The van der Waals surface area contributed by atoms with Crippen LogP contribution in [0.25, 0.3) is 0 Å². The van der Waals surface area contributed by atoms with Crippen LogP contribution in [0.2, 0.25) is 0 Å². The van der Waals surface area contributed by atoms with Crippen LogP contribution in [-0.2, 0) is 0 Å². The molecule has 2 rings (SSSR count). The fourth-order valence-electron chi connectivity index (χ4n) is 2.62. The fourth-order valence-corrected chi connectivity index (χ4v) is 2.62. The normalized spacial score (nSPS) is 18.4. The molecule has 1 aromatic carbocycles. The highest BCUT2D eigenvalue weighted by Crippen LogP contribution is 2.27. The minimum Gasteiger partial charge on any atom is -0.508 e. The van der Waals surface area contributed by atoms with Crippen LogP contribution in [0, 0.1) is 0 Å². The predicted molar refractivity (Wildman–Crippen MR) is 76.5 cm³/mol. The van der Waals surface area contributed by atoms with Gasteiger partial charge in [0.25, 0.3) is 0 Å². The van der Waals surface area contributed by atoms with Crippen molar-refractivity contribution >= 4 is 0 Å². The minimum atomic E-state index is 0.0388. The Labute approximate surface area is 115 Å².